The van der Waals surface area contributed by atoms with Gasteiger partial charge in [0.05, 0.1) is 19.8 Å². The van der Waals surface area contributed by atoms with Crippen molar-refractivity contribution in [1.82, 2.24) is 14.9 Å². The zero-order chi connectivity index (χ0) is 21.2. The number of morpholine rings is 1. The van der Waals surface area contributed by atoms with Gasteiger partial charge in [-0.05, 0) is 26.3 Å². The van der Waals surface area contributed by atoms with Gasteiger partial charge in [-0.1, -0.05) is 29.8 Å². The van der Waals surface area contributed by atoms with Crippen molar-refractivity contribution in [3.8, 4) is 5.88 Å². The molecule has 2 aromatic rings. The summed E-state index contributed by atoms with van der Waals surface area (Å²) in [6.07, 6.45) is 1.87. The fourth-order valence-corrected chi connectivity index (χ4v) is 3.40. The van der Waals surface area contributed by atoms with Gasteiger partial charge in [0.25, 0.3) is 0 Å². The second-order valence-electron chi connectivity index (χ2n) is 7.34. The molecule has 1 aliphatic rings. The summed E-state index contributed by atoms with van der Waals surface area (Å²) < 4.78 is 11.4. The Labute approximate surface area is 179 Å². The maximum absolute atomic E-state index is 6.00. The average Bonchev–Trinajstić information content (AvgIpc) is 2.75. The Kier molecular flexibility index (Phi) is 8.59. The maximum atomic E-state index is 6.00. The van der Waals surface area contributed by atoms with Crippen LogP contribution in [-0.4, -0.2) is 73.6 Å². The Bertz CT molecular complexity index is 817. The number of aromatic nitrogens is 2. The van der Waals surface area contributed by atoms with Crippen LogP contribution in [0.3, 0.4) is 0 Å². The zero-order valence-corrected chi connectivity index (χ0v) is 18.4. The van der Waals surface area contributed by atoms with Gasteiger partial charge < -0.3 is 14.4 Å². The monoisotopic (exact) mass is 411 g/mol. The van der Waals surface area contributed by atoms with Gasteiger partial charge in [-0.25, -0.2) is 4.98 Å². The highest BCUT2D eigenvalue weighted by Crippen LogP contribution is 2.18. The van der Waals surface area contributed by atoms with Crippen molar-refractivity contribution in [2.24, 2.45) is 4.99 Å². The molecule has 0 aliphatic carbocycles. The minimum absolute atomic E-state index is 0.420. The van der Waals surface area contributed by atoms with Crippen LogP contribution in [0.1, 0.15) is 30.8 Å². The molecule has 162 valence electrons. The lowest BCUT2D eigenvalue weighted by Crippen LogP contribution is -2.38. The van der Waals surface area contributed by atoms with E-state index in [0.29, 0.717) is 24.9 Å². The lowest BCUT2D eigenvalue weighted by Gasteiger charge is -2.26. The van der Waals surface area contributed by atoms with Crippen molar-refractivity contribution in [3.63, 3.8) is 0 Å². The molecule has 7 nitrogen and oxygen atoms in total. The van der Waals surface area contributed by atoms with E-state index in [2.05, 4.69) is 52.7 Å². The van der Waals surface area contributed by atoms with Gasteiger partial charge in [-0.3, -0.25) is 9.89 Å². The first-order valence-corrected chi connectivity index (χ1v) is 10.8. The Hall–Kier alpha value is -2.51. The molecule has 0 amide bonds. The van der Waals surface area contributed by atoms with Crippen LogP contribution in [0.15, 0.2) is 35.3 Å². The molecule has 7 heteroatoms. The van der Waals surface area contributed by atoms with Crippen LogP contribution in [0.25, 0.3) is 0 Å². The van der Waals surface area contributed by atoms with E-state index in [4.69, 9.17) is 14.5 Å². The van der Waals surface area contributed by atoms with Crippen molar-refractivity contribution < 1.29 is 9.47 Å². The second kappa shape index (κ2) is 11.6. The number of aliphatic imine (C=N–C) groups is 1. The molecule has 2 heterocycles. The van der Waals surface area contributed by atoms with E-state index in [0.717, 1.165) is 57.3 Å². The van der Waals surface area contributed by atoms with Crippen molar-refractivity contribution >= 4 is 12.0 Å². The van der Waals surface area contributed by atoms with Crippen molar-refractivity contribution in [2.75, 3.05) is 57.4 Å². The predicted molar refractivity (Wildman–Crippen MR) is 121 cm³/mol. The van der Waals surface area contributed by atoms with Gasteiger partial charge in [0.15, 0.2) is 5.82 Å². The Morgan fingerprint density at radius 3 is 2.70 bits per heavy atom. The summed E-state index contributed by atoms with van der Waals surface area (Å²) in [5, 5.41) is 0. The molecule has 0 atom stereocenters. The first-order chi connectivity index (χ1) is 14.7. The number of aryl methyl sites for hydroxylation is 1. The first kappa shape index (κ1) is 22.2. The van der Waals surface area contributed by atoms with Gasteiger partial charge in [0.1, 0.15) is 12.4 Å². The third kappa shape index (κ3) is 6.78. The van der Waals surface area contributed by atoms with E-state index in [1.54, 1.807) is 0 Å². The standard InChI is InChI=1S/C23H33N5O2/c1-4-28(5-2)22-16-23(30-14-11-27-9-12-29-13-10-27)26-21(25-22)18-24-17-20-8-6-7-19(3)15-20/h6-8,15-17H,4-5,9-14,18H2,1-3H3. The fourth-order valence-electron chi connectivity index (χ4n) is 3.40. The van der Waals surface area contributed by atoms with Crippen LogP contribution in [0.2, 0.25) is 0 Å². The predicted octanol–water partition coefficient (Wildman–Crippen LogP) is 2.96. The zero-order valence-electron chi connectivity index (χ0n) is 18.4. The molecule has 1 aliphatic heterocycles. The normalized spacial score (nSPS) is 14.9. The van der Waals surface area contributed by atoms with Gasteiger partial charge in [0, 0.05) is 45.0 Å². The van der Waals surface area contributed by atoms with Crippen LogP contribution < -0.4 is 9.64 Å². The number of rotatable bonds is 10. The summed E-state index contributed by atoms with van der Waals surface area (Å²) in [7, 11) is 0. The van der Waals surface area contributed by atoms with E-state index in [1.807, 2.05) is 24.4 Å². The first-order valence-electron chi connectivity index (χ1n) is 10.8. The van der Waals surface area contributed by atoms with Gasteiger partial charge in [0.2, 0.25) is 5.88 Å². The Balaban J connectivity index is 1.67. The molecule has 30 heavy (non-hydrogen) atoms. The molecule has 0 unspecified atom stereocenters. The van der Waals surface area contributed by atoms with Crippen LogP contribution in [0.4, 0.5) is 5.82 Å². The quantitative estimate of drug-likeness (QED) is 0.560. The molecule has 0 radical (unpaired) electrons. The lowest BCUT2D eigenvalue weighted by molar-refractivity contribution is 0.0320. The van der Waals surface area contributed by atoms with Crippen molar-refractivity contribution in [1.29, 1.82) is 0 Å². The molecule has 0 spiro atoms. The highest BCUT2D eigenvalue weighted by Gasteiger charge is 2.12. The Morgan fingerprint density at radius 1 is 1.17 bits per heavy atom. The van der Waals surface area contributed by atoms with Crippen LogP contribution in [0.5, 0.6) is 5.88 Å². The molecular formula is C23H33N5O2. The molecule has 0 N–H and O–H groups in total. The summed E-state index contributed by atoms with van der Waals surface area (Å²) in [6, 6.07) is 10.2. The summed E-state index contributed by atoms with van der Waals surface area (Å²) >= 11 is 0. The van der Waals surface area contributed by atoms with Crippen molar-refractivity contribution in [2.45, 2.75) is 27.3 Å². The molecule has 0 bridgehead atoms. The summed E-state index contributed by atoms with van der Waals surface area (Å²) in [6.45, 7) is 13.5. The summed E-state index contributed by atoms with van der Waals surface area (Å²) in [5.41, 5.74) is 2.30. The highest BCUT2D eigenvalue weighted by atomic mass is 16.5. The Morgan fingerprint density at radius 2 is 1.97 bits per heavy atom. The van der Waals surface area contributed by atoms with Crippen LogP contribution >= 0.6 is 0 Å². The molecule has 3 rings (SSSR count). The van der Waals surface area contributed by atoms with E-state index in [1.165, 1.54) is 5.56 Å². The van der Waals surface area contributed by atoms with E-state index < -0.39 is 0 Å². The number of hydrogen-bond donors (Lipinski definition) is 0. The maximum Gasteiger partial charge on any atom is 0.218 e. The number of nitrogens with zero attached hydrogens (tertiary/aromatic N) is 5. The number of anilines is 1. The van der Waals surface area contributed by atoms with E-state index >= 15 is 0 Å². The molecular weight excluding hydrogens is 378 g/mol. The molecule has 1 fully saturated rings. The van der Waals surface area contributed by atoms with E-state index in [-0.39, 0.29) is 0 Å². The lowest BCUT2D eigenvalue weighted by atomic mass is 10.2. The fraction of sp³-hybridized carbons (Fsp3) is 0.522. The van der Waals surface area contributed by atoms with Gasteiger partial charge in [-0.2, -0.15) is 4.98 Å². The van der Waals surface area contributed by atoms with Crippen LogP contribution in [-0.2, 0) is 11.3 Å². The minimum Gasteiger partial charge on any atom is -0.476 e. The smallest absolute Gasteiger partial charge is 0.218 e. The third-order valence-corrected chi connectivity index (χ3v) is 5.10. The summed E-state index contributed by atoms with van der Waals surface area (Å²) in [4.78, 5) is 18.4. The van der Waals surface area contributed by atoms with E-state index in [9.17, 15) is 0 Å². The summed E-state index contributed by atoms with van der Waals surface area (Å²) in [5.74, 6) is 2.17. The minimum atomic E-state index is 0.420. The second-order valence-corrected chi connectivity index (χ2v) is 7.34. The SMILES string of the molecule is CCN(CC)c1cc(OCCN2CCOCC2)nc(CN=Cc2cccc(C)c2)n1. The molecule has 1 saturated heterocycles. The van der Waals surface area contributed by atoms with Gasteiger partial charge in [-0.15, -0.1) is 0 Å². The highest BCUT2D eigenvalue weighted by molar-refractivity contribution is 5.79. The largest absolute Gasteiger partial charge is 0.476 e. The number of hydrogen-bond acceptors (Lipinski definition) is 7. The molecule has 0 saturated carbocycles. The molecule has 1 aromatic heterocycles. The molecule has 1 aromatic carbocycles. The number of benzene rings is 1. The topological polar surface area (TPSA) is 63.1 Å². The average molecular weight is 412 g/mol. The van der Waals surface area contributed by atoms with Gasteiger partial charge >= 0.3 is 0 Å². The van der Waals surface area contributed by atoms with Crippen LogP contribution in [0, 0.1) is 6.92 Å². The third-order valence-electron chi connectivity index (χ3n) is 5.10. The number of ether oxygens (including phenoxy) is 2. The van der Waals surface area contributed by atoms with Crippen molar-refractivity contribution in [3.05, 3.63) is 47.3 Å².